The summed E-state index contributed by atoms with van der Waals surface area (Å²) in [6.45, 7) is 0. The molecule has 0 atom stereocenters. The minimum absolute atomic E-state index is 0.106. The van der Waals surface area contributed by atoms with Gasteiger partial charge in [0.2, 0.25) is 5.91 Å². The maximum absolute atomic E-state index is 12.5. The summed E-state index contributed by atoms with van der Waals surface area (Å²) in [5.74, 6) is -0.286. The fraction of sp³-hybridized carbons (Fsp3) is 0.462. The molecule has 5 heteroatoms. The number of anilines is 1. The molecule has 1 fully saturated rings. The van der Waals surface area contributed by atoms with Crippen molar-refractivity contribution in [3.8, 4) is 0 Å². The first-order chi connectivity index (χ1) is 8.51. The Hall–Kier alpha value is -1.49. The molecule has 0 spiro atoms. The molecule has 1 amide bonds. The number of carbonyl (C=O) groups is 1. The molecule has 3 nitrogen and oxygen atoms in total. The number of hydrogen-bond acceptors (Lipinski definition) is 2. The van der Waals surface area contributed by atoms with Crippen molar-refractivity contribution in [2.75, 3.05) is 5.32 Å². The average molecular weight is 254 g/mol. The van der Waals surface area contributed by atoms with Crippen LogP contribution in [-0.4, -0.2) is 11.4 Å². The van der Waals surface area contributed by atoms with E-state index in [1.165, 1.54) is 18.2 Å². The van der Waals surface area contributed by atoms with Gasteiger partial charge in [0.15, 0.2) is 0 Å². The van der Waals surface area contributed by atoms with E-state index in [0.717, 1.165) is 12.8 Å². The van der Waals surface area contributed by atoms with E-state index in [1.54, 1.807) is 6.07 Å². The van der Waals surface area contributed by atoms with Crippen molar-refractivity contribution in [1.29, 1.82) is 0 Å². The molecule has 0 aliphatic heterocycles. The highest BCUT2D eigenvalue weighted by Crippen LogP contribution is 2.29. The van der Waals surface area contributed by atoms with Crippen LogP contribution in [0.1, 0.15) is 37.7 Å². The number of hydrogen-bond donors (Lipinski definition) is 2. The van der Waals surface area contributed by atoms with E-state index in [1.807, 2.05) is 0 Å². The molecule has 0 bridgehead atoms. The summed E-state index contributed by atoms with van der Waals surface area (Å²) in [5, 5.41) is 2.62. The Morgan fingerprint density at radius 2 is 2.00 bits per heavy atom. The highest BCUT2D eigenvalue weighted by Gasteiger charge is 2.36. The van der Waals surface area contributed by atoms with Crippen molar-refractivity contribution >= 4 is 11.6 Å². The third kappa shape index (κ3) is 2.67. The fourth-order valence-electron chi connectivity index (χ4n) is 2.24. The first-order valence-electron chi connectivity index (χ1n) is 6.00. The van der Waals surface area contributed by atoms with Gasteiger partial charge in [0, 0.05) is 11.3 Å². The molecule has 1 aliphatic rings. The summed E-state index contributed by atoms with van der Waals surface area (Å²) in [5.41, 5.74) is 5.41. The molecule has 98 valence electrons. The lowest BCUT2D eigenvalue weighted by molar-refractivity contribution is -0.121. The number of carbonyl (C=O) groups excluding carboxylic acids is 1. The lowest BCUT2D eigenvalue weighted by atomic mass is 9.98. The minimum atomic E-state index is -2.54. The van der Waals surface area contributed by atoms with Gasteiger partial charge in [0.25, 0.3) is 6.43 Å². The van der Waals surface area contributed by atoms with Crippen LogP contribution in [0.4, 0.5) is 14.5 Å². The Bertz CT molecular complexity index is 442. The van der Waals surface area contributed by atoms with Crippen LogP contribution in [0.15, 0.2) is 24.3 Å². The topological polar surface area (TPSA) is 55.1 Å². The van der Waals surface area contributed by atoms with Crippen molar-refractivity contribution in [2.45, 2.75) is 37.6 Å². The van der Waals surface area contributed by atoms with Crippen molar-refractivity contribution in [2.24, 2.45) is 5.73 Å². The Balaban J connectivity index is 2.09. The lowest BCUT2D eigenvalue weighted by Crippen LogP contribution is -2.48. The molecule has 0 aromatic heterocycles. The van der Waals surface area contributed by atoms with Crippen LogP contribution in [0.2, 0.25) is 0 Å². The normalized spacial score (nSPS) is 18.0. The van der Waals surface area contributed by atoms with Crippen LogP contribution in [0, 0.1) is 0 Å². The molecule has 0 saturated heterocycles. The van der Waals surface area contributed by atoms with Gasteiger partial charge in [-0.2, -0.15) is 0 Å². The van der Waals surface area contributed by atoms with E-state index in [9.17, 15) is 13.6 Å². The molecule has 0 unspecified atom stereocenters. The molecule has 1 aromatic carbocycles. The maximum Gasteiger partial charge on any atom is 0.263 e. The van der Waals surface area contributed by atoms with Gasteiger partial charge in [-0.15, -0.1) is 0 Å². The van der Waals surface area contributed by atoms with Gasteiger partial charge in [0.05, 0.1) is 5.54 Å². The molecular weight excluding hydrogens is 238 g/mol. The number of amides is 1. The van der Waals surface area contributed by atoms with Gasteiger partial charge < -0.3 is 11.1 Å². The first-order valence-corrected chi connectivity index (χ1v) is 6.00. The summed E-state index contributed by atoms with van der Waals surface area (Å²) in [7, 11) is 0. The highest BCUT2D eigenvalue weighted by molar-refractivity contribution is 5.98. The predicted octanol–water partition coefficient (Wildman–Crippen LogP) is 2.83. The van der Waals surface area contributed by atoms with Crippen LogP contribution in [-0.2, 0) is 4.79 Å². The molecule has 1 aliphatic carbocycles. The van der Waals surface area contributed by atoms with Gasteiger partial charge in [-0.05, 0) is 25.0 Å². The monoisotopic (exact) mass is 254 g/mol. The largest absolute Gasteiger partial charge is 0.324 e. The molecule has 1 saturated carbocycles. The lowest BCUT2D eigenvalue weighted by Gasteiger charge is -2.22. The minimum Gasteiger partial charge on any atom is -0.324 e. The Labute approximate surface area is 104 Å². The van der Waals surface area contributed by atoms with Crippen LogP contribution in [0.5, 0.6) is 0 Å². The van der Waals surface area contributed by atoms with Crippen LogP contribution < -0.4 is 11.1 Å². The summed E-state index contributed by atoms with van der Waals surface area (Å²) in [6.07, 6.45) is 0.614. The zero-order valence-corrected chi connectivity index (χ0v) is 9.96. The molecule has 0 heterocycles. The van der Waals surface area contributed by atoms with Crippen molar-refractivity contribution in [3.63, 3.8) is 0 Å². The average Bonchev–Trinajstić information content (AvgIpc) is 2.78. The van der Waals surface area contributed by atoms with Gasteiger partial charge in [-0.1, -0.05) is 25.0 Å². The number of halogens is 2. The van der Waals surface area contributed by atoms with E-state index < -0.39 is 12.0 Å². The number of nitrogens with one attached hydrogen (secondary N) is 1. The molecular formula is C13H16F2N2O. The Kier molecular flexibility index (Phi) is 3.61. The Morgan fingerprint density at radius 1 is 1.33 bits per heavy atom. The van der Waals surface area contributed by atoms with Crippen molar-refractivity contribution in [1.82, 2.24) is 0 Å². The van der Waals surface area contributed by atoms with Gasteiger partial charge in [-0.25, -0.2) is 8.78 Å². The van der Waals surface area contributed by atoms with E-state index >= 15 is 0 Å². The summed E-state index contributed by atoms with van der Waals surface area (Å²) >= 11 is 0. The second-order valence-corrected chi connectivity index (χ2v) is 4.74. The SMILES string of the molecule is NC1(C(=O)Nc2cccc(C(F)F)c2)CCCC1. The second-order valence-electron chi connectivity index (χ2n) is 4.74. The van der Waals surface area contributed by atoms with E-state index in [4.69, 9.17) is 5.73 Å². The smallest absolute Gasteiger partial charge is 0.263 e. The second kappa shape index (κ2) is 5.02. The fourth-order valence-corrected chi connectivity index (χ4v) is 2.24. The number of rotatable bonds is 3. The summed E-state index contributed by atoms with van der Waals surface area (Å²) in [6, 6.07) is 5.69. The van der Waals surface area contributed by atoms with Gasteiger partial charge >= 0.3 is 0 Å². The Morgan fingerprint density at radius 3 is 2.61 bits per heavy atom. The zero-order valence-electron chi connectivity index (χ0n) is 9.96. The number of benzene rings is 1. The molecule has 18 heavy (non-hydrogen) atoms. The highest BCUT2D eigenvalue weighted by atomic mass is 19.3. The quantitative estimate of drug-likeness (QED) is 0.871. The van der Waals surface area contributed by atoms with Crippen LogP contribution in [0.3, 0.4) is 0 Å². The third-order valence-electron chi connectivity index (χ3n) is 3.34. The standard InChI is InChI=1S/C13H16F2N2O/c14-11(15)9-4-3-5-10(8-9)17-12(18)13(16)6-1-2-7-13/h3-5,8,11H,1-2,6-7,16H2,(H,17,18). The molecule has 3 N–H and O–H groups in total. The van der Waals surface area contributed by atoms with Gasteiger partial charge in [-0.3, -0.25) is 4.79 Å². The van der Waals surface area contributed by atoms with Crippen molar-refractivity contribution in [3.05, 3.63) is 29.8 Å². The maximum atomic E-state index is 12.5. The van der Waals surface area contributed by atoms with E-state index in [-0.39, 0.29) is 11.5 Å². The molecule has 0 radical (unpaired) electrons. The number of nitrogens with two attached hydrogens (primary N) is 1. The third-order valence-corrected chi connectivity index (χ3v) is 3.34. The van der Waals surface area contributed by atoms with Crippen molar-refractivity contribution < 1.29 is 13.6 Å². The zero-order chi connectivity index (χ0) is 13.2. The van der Waals surface area contributed by atoms with Crippen LogP contribution >= 0.6 is 0 Å². The molecule has 2 rings (SSSR count). The summed E-state index contributed by atoms with van der Waals surface area (Å²) < 4.78 is 25.0. The predicted molar refractivity (Wildman–Crippen MR) is 65.4 cm³/mol. The van der Waals surface area contributed by atoms with Gasteiger partial charge in [0.1, 0.15) is 0 Å². The van der Waals surface area contributed by atoms with E-state index in [0.29, 0.717) is 18.5 Å². The van der Waals surface area contributed by atoms with Crippen LogP contribution in [0.25, 0.3) is 0 Å². The number of alkyl halides is 2. The molecule has 1 aromatic rings. The summed E-state index contributed by atoms with van der Waals surface area (Å²) in [4.78, 5) is 12.0. The van der Waals surface area contributed by atoms with E-state index in [2.05, 4.69) is 5.32 Å². The first kappa shape index (κ1) is 13.0.